The molecule has 8 nitrogen and oxygen atoms in total. The average molecular weight is 597 g/mol. The maximum atomic E-state index is 12.2. The molecule has 0 amide bonds. The highest BCUT2D eigenvalue weighted by molar-refractivity contribution is 5.92. The number of rotatable bonds is 28. The fraction of sp³-hybridized carbons (Fsp3) is 0.853. The van der Waals surface area contributed by atoms with Crippen LogP contribution in [0.2, 0.25) is 0 Å². The average Bonchev–Trinajstić information content (AvgIpc) is 3.25. The first-order chi connectivity index (χ1) is 20.4. The Morgan fingerprint density at radius 1 is 0.667 bits per heavy atom. The Hall–Kier alpha value is -2.09. The first kappa shape index (κ1) is 37.9. The fourth-order valence-corrected chi connectivity index (χ4v) is 5.18. The zero-order valence-corrected chi connectivity index (χ0v) is 26.7. The van der Waals surface area contributed by atoms with Gasteiger partial charge in [-0.1, -0.05) is 142 Å². The minimum Gasteiger partial charge on any atom is -0.505 e. The predicted octanol–water partition coefficient (Wildman–Crippen LogP) is 8.53. The van der Waals surface area contributed by atoms with Gasteiger partial charge < -0.3 is 24.4 Å². The first-order valence-electron chi connectivity index (χ1n) is 17.1. The SMILES string of the molecule is CCCCCCCCCCCCCC(=O)OCC(O)C1OC(=O)C(OC(=O)CCCCCCCCCCCCC)=C1O. The molecule has 1 aliphatic heterocycles. The van der Waals surface area contributed by atoms with E-state index >= 15 is 0 Å². The fourth-order valence-electron chi connectivity index (χ4n) is 5.18. The lowest BCUT2D eigenvalue weighted by Gasteiger charge is -2.17. The number of unbranched alkanes of at least 4 members (excludes halogenated alkanes) is 20. The number of aliphatic hydroxyl groups is 2. The van der Waals surface area contributed by atoms with Crippen molar-refractivity contribution in [2.75, 3.05) is 6.61 Å². The highest BCUT2D eigenvalue weighted by atomic mass is 16.6. The van der Waals surface area contributed by atoms with Crippen molar-refractivity contribution in [2.45, 2.75) is 180 Å². The van der Waals surface area contributed by atoms with Crippen LogP contribution in [0.5, 0.6) is 0 Å². The van der Waals surface area contributed by atoms with Gasteiger partial charge in [-0.3, -0.25) is 9.59 Å². The summed E-state index contributed by atoms with van der Waals surface area (Å²) in [6.45, 7) is 4.01. The topological polar surface area (TPSA) is 119 Å². The van der Waals surface area contributed by atoms with Gasteiger partial charge in [-0.05, 0) is 12.8 Å². The molecule has 1 aliphatic rings. The molecular formula is C34H60O8. The number of ether oxygens (including phenoxy) is 3. The van der Waals surface area contributed by atoms with Gasteiger partial charge >= 0.3 is 17.9 Å². The third-order valence-electron chi connectivity index (χ3n) is 7.87. The third-order valence-corrected chi connectivity index (χ3v) is 7.87. The van der Waals surface area contributed by atoms with E-state index < -0.39 is 48.2 Å². The van der Waals surface area contributed by atoms with Crippen molar-refractivity contribution in [1.82, 2.24) is 0 Å². The van der Waals surface area contributed by atoms with E-state index in [1.807, 2.05) is 0 Å². The van der Waals surface area contributed by atoms with Gasteiger partial charge in [0.1, 0.15) is 12.7 Å². The number of esters is 3. The third kappa shape index (κ3) is 18.4. The number of carbonyl (C=O) groups is 3. The Kier molecular flexibility index (Phi) is 23.0. The van der Waals surface area contributed by atoms with Gasteiger partial charge in [0.2, 0.25) is 0 Å². The number of hydrogen-bond donors (Lipinski definition) is 2. The smallest absolute Gasteiger partial charge is 0.378 e. The van der Waals surface area contributed by atoms with Crippen LogP contribution in [-0.2, 0) is 28.6 Å². The largest absolute Gasteiger partial charge is 0.505 e. The maximum absolute atomic E-state index is 12.2. The van der Waals surface area contributed by atoms with E-state index in [1.54, 1.807) is 0 Å². The second kappa shape index (κ2) is 25.4. The van der Waals surface area contributed by atoms with Gasteiger partial charge in [0.15, 0.2) is 11.9 Å². The van der Waals surface area contributed by atoms with Crippen LogP contribution in [0, 0.1) is 0 Å². The standard InChI is InChI=1S/C34H60O8/c1-3-5-7-9-11-13-15-17-19-21-23-25-29(36)40-27-28(35)32-31(38)33(34(39)42-32)41-30(37)26-24-22-20-18-16-14-12-10-8-6-4-2/h28,32,35,38H,3-27H2,1-2H3. The van der Waals surface area contributed by atoms with Crippen LogP contribution in [0.15, 0.2) is 11.5 Å². The molecule has 0 fully saturated rings. The molecule has 0 aromatic carbocycles. The molecule has 0 saturated carbocycles. The summed E-state index contributed by atoms with van der Waals surface area (Å²) in [6.07, 6.45) is 23.2. The van der Waals surface area contributed by atoms with Crippen molar-refractivity contribution in [3.8, 4) is 0 Å². The lowest BCUT2D eigenvalue weighted by molar-refractivity contribution is -0.157. The molecule has 0 aromatic heterocycles. The molecule has 0 aliphatic carbocycles. The van der Waals surface area contributed by atoms with Crippen LogP contribution in [0.25, 0.3) is 0 Å². The first-order valence-corrected chi connectivity index (χ1v) is 17.1. The molecule has 8 heteroatoms. The van der Waals surface area contributed by atoms with Gasteiger partial charge in [0, 0.05) is 12.8 Å². The molecular weight excluding hydrogens is 536 g/mol. The molecule has 2 N–H and O–H groups in total. The Bertz CT molecular complexity index is 763. The summed E-state index contributed by atoms with van der Waals surface area (Å²) in [7, 11) is 0. The number of carbonyl (C=O) groups excluding carboxylic acids is 3. The highest BCUT2D eigenvalue weighted by Crippen LogP contribution is 2.25. The second-order valence-corrected chi connectivity index (χ2v) is 11.8. The molecule has 0 radical (unpaired) electrons. The summed E-state index contributed by atoms with van der Waals surface area (Å²) >= 11 is 0. The summed E-state index contributed by atoms with van der Waals surface area (Å²) in [6, 6.07) is 0. The Morgan fingerprint density at radius 3 is 1.48 bits per heavy atom. The Morgan fingerprint density at radius 2 is 1.05 bits per heavy atom. The van der Waals surface area contributed by atoms with E-state index in [4.69, 9.17) is 14.2 Å². The number of cyclic esters (lactones) is 1. The molecule has 1 rings (SSSR count). The lowest BCUT2D eigenvalue weighted by atomic mass is 10.1. The molecule has 0 saturated heterocycles. The van der Waals surface area contributed by atoms with E-state index in [0.29, 0.717) is 12.8 Å². The summed E-state index contributed by atoms with van der Waals surface area (Å²) < 4.78 is 15.1. The normalized spacial score (nSPS) is 15.6. The zero-order valence-electron chi connectivity index (χ0n) is 26.7. The number of aliphatic hydroxyl groups excluding tert-OH is 2. The molecule has 2 unspecified atom stereocenters. The van der Waals surface area contributed by atoms with Crippen LogP contribution in [0.1, 0.15) is 168 Å². The monoisotopic (exact) mass is 596 g/mol. The second-order valence-electron chi connectivity index (χ2n) is 11.8. The quantitative estimate of drug-likeness (QED) is 0.0524. The molecule has 244 valence electrons. The van der Waals surface area contributed by atoms with Gasteiger partial charge in [-0.2, -0.15) is 0 Å². The maximum Gasteiger partial charge on any atom is 0.378 e. The molecule has 1 heterocycles. The Balaban J connectivity index is 2.15. The predicted molar refractivity (Wildman–Crippen MR) is 165 cm³/mol. The van der Waals surface area contributed by atoms with Crippen molar-refractivity contribution in [3.63, 3.8) is 0 Å². The van der Waals surface area contributed by atoms with Crippen molar-refractivity contribution < 1.29 is 38.8 Å². The molecule has 2 atom stereocenters. The van der Waals surface area contributed by atoms with Crippen molar-refractivity contribution >= 4 is 17.9 Å². The van der Waals surface area contributed by atoms with E-state index in [-0.39, 0.29) is 12.8 Å². The van der Waals surface area contributed by atoms with Crippen LogP contribution >= 0.6 is 0 Å². The van der Waals surface area contributed by atoms with E-state index in [2.05, 4.69) is 13.8 Å². The van der Waals surface area contributed by atoms with Gasteiger partial charge in [0.25, 0.3) is 5.76 Å². The minimum absolute atomic E-state index is 0.130. The highest BCUT2D eigenvalue weighted by Gasteiger charge is 2.42. The van der Waals surface area contributed by atoms with Gasteiger partial charge in [-0.15, -0.1) is 0 Å². The number of hydrogen-bond acceptors (Lipinski definition) is 8. The van der Waals surface area contributed by atoms with Crippen LogP contribution in [-0.4, -0.2) is 46.9 Å². The van der Waals surface area contributed by atoms with Crippen molar-refractivity contribution in [3.05, 3.63) is 11.5 Å². The molecule has 0 spiro atoms. The molecule has 42 heavy (non-hydrogen) atoms. The minimum atomic E-state index is -1.46. The van der Waals surface area contributed by atoms with Crippen LogP contribution in [0.3, 0.4) is 0 Å². The lowest BCUT2D eigenvalue weighted by Crippen LogP contribution is -2.33. The van der Waals surface area contributed by atoms with Crippen molar-refractivity contribution in [2.24, 2.45) is 0 Å². The van der Waals surface area contributed by atoms with Crippen LogP contribution in [0.4, 0.5) is 0 Å². The summed E-state index contributed by atoms with van der Waals surface area (Å²) in [5, 5.41) is 20.7. The van der Waals surface area contributed by atoms with E-state index in [1.165, 1.54) is 96.3 Å². The molecule has 0 aromatic rings. The Labute approximate surface area is 255 Å². The van der Waals surface area contributed by atoms with Crippen LogP contribution < -0.4 is 0 Å². The van der Waals surface area contributed by atoms with Crippen molar-refractivity contribution in [1.29, 1.82) is 0 Å². The summed E-state index contributed by atoms with van der Waals surface area (Å²) in [4.78, 5) is 36.3. The summed E-state index contributed by atoms with van der Waals surface area (Å²) in [5.74, 6) is -3.34. The molecule has 0 bridgehead atoms. The van der Waals surface area contributed by atoms with E-state index in [9.17, 15) is 24.6 Å². The van der Waals surface area contributed by atoms with Gasteiger partial charge in [-0.25, -0.2) is 4.79 Å². The van der Waals surface area contributed by atoms with E-state index in [0.717, 1.165) is 32.1 Å². The van der Waals surface area contributed by atoms with Gasteiger partial charge in [0.05, 0.1) is 0 Å². The zero-order chi connectivity index (χ0) is 30.8. The summed E-state index contributed by atoms with van der Waals surface area (Å²) in [5.41, 5.74) is 0.